The molecule has 30 heavy (non-hydrogen) atoms. The lowest BCUT2D eigenvalue weighted by molar-refractivity contribution is -0.123. The third-order valence-corrected chi connectivity index (χ3v) is 4.97. The van der Waals surface area contributed by atoms with E-state index in [1.165, 1.54) is 19.2 Å². The number of carbonyl (C=O) groups excluding carboxylic acids is 3. The molecule has 1 saturated heterocycles. The number of rotatable bonds is 5. The first kappa shape index (κ1) is 19.8. The van der Waals surface area contributed by atoms with Gasteiger partial charge >= 0.3 is 0 Å². The maximum absolute atomic E-state index is 13.4. The van der Waals surface area contributed by atoms with Gasteiger partial charge in [0, 0.05) is 11.8 Å². The van der Waals surface area contributed by atoms with Crippen molar-refractivity contribution < 1.29 is 23.5 Å². The van der Waals surface area contributed by atoms with Crippen molar-refractivity contribution >= 4 is 40.7 Å². The highest BCUT2D eigenvalue weighted by Gasteiger charge is 2.55. The molecule has 2 heterocycles. The molecule has 2 atom stereocenters. The van der Waals surface area contributed by atoms with Gasteiger partial charge in [-0.05, 0) is 30.3 Å². The van der Waals surface area contributed by atoms with Gasteiger partial charge in [-0.15, -0.1) is 0 Å². The Hall–Kier alpha value is -3.53. The van der Waals surface area contributed by atoms with E-state index < -0.39 is 35.6 Å². The van der Waals surface area contributed by atoms with Crippen LogP contribution in [-0.2, 0) is 14.4 Å². The van der Waals surface area contributed by atoms with Crippen LogP contribution in [0.1, 0.15) is 0 Å². The molecular weight excluding hydrogens is 417 g/mol. The maximum Gasteiger partial charge on any atom is 0.263 e. The summed E-state index contributed by atoms with van der Waals surface area (Å²) in [5, 5.41) is 11.3. The lowest BCUT2D eigenvalue weighted by Gasteiger charge is -2.20. The number of anilines is 2. The Kier molecular flexibility index (Phi) is 5.08. The van der Waals surface area contributed by atoms with Gasteiger partial charge in [0.05, 0.1) is 17.8 Å². The average molecular weight is 432 g/mol. The molecule has 0 aliphatic carbocycles. The monoisotopic (exact) mass is 431 g/mol. The number of hydrogen-bond acceptors (Lipinski definition) is 7. The Morgan fingerprint density at radius 1 is 1.23 bits per heavy atom. The Labute approximate surface area is 175 Å². The second-order valence-corrected chi connectivity index (χ2v) is 6.99. The summed E-state index contributed by atoms with van der Waals surface area (Å²) in [5.41, 5.74) is 0.630. The van der Waals surface area contributed by atoms with E-state index in [2.05, 4.69) is 15.7 Å². The first-order valence-corrected chi connectivity index (χ1v) is 9.21. The number of nitrogens with zero attached hydrogens (tertiary/aromatic N) is 4. The van der Waals surface area contributed by atoms with E-state index in [0.29, 0.717) is 11.4 Å². The van der Waals surface area contributed by atoms with Crippen LogP contribution in [0.25, 0.3) is 0 Å². The van der Waals surface area contributed by atoms with E-state index in [4.69, 9.17) is 16.3 Å². The molecule has 2 aliphatic heterocycles. The van der Waals surface area contributed by atoms with Crippen molar-refractivity contribution in [1.29, 1.82) is 0 Å². The molecule has 2 aromatic carbocycles. The Bertz CT molecular complexity index is 1080. The Balaban J connectivity index is 1.49. The molecule has 0 saturated carbocycles. The fourth-order valence-electron chi connectivity index (χ4n) is 3.28. The summed E-state index contributed by atoms with van der Waals surface area (Å²) < 4.78 is 18.5. The fraction of sp³-hybridized carbons (Fsp3) is 0.211. The molecule has 154 valence electrons. The van der Waals surface area contributed by atoms with Crippen LogP contribution < -0.4 is 15.0 Å². The number of methoxy groups -OCH3 is 1. The van der Waals surface area contributed by atoms with E-state index in [9.17, 15) is 18.8 Å². The highest BCUT2D eigenvalue weighted by molar-refractivity contribution is 6.32. The average Bonchev–Trinajstić information content (AvgIpc) is 3.24. The molecule has 2 aromatic rings. The van der Waals surface area contributed by atoms with Gasteiger partial charge in [0.15, 0.2) is 12.1 Å². The minimum absolute atomic E-state index is 0.127. The summed E-state index contributed by atoms with van der Waals surface area (Å²) in [7, 11) is 1.51. The highest BCUT2D eigenvalue weighted by atomic mass is 35.5. The minimum atomic E-state index is -1.08. The molecule has 0 spiro atoms. The predicted molar refractivity (Wildman–Crippen MR) is 105 cm³/mol. The maximum atomic E-state index is 13.4. The molecule has 2 aliphatic rings. The van der Waals surface area contributed by atoms with Crippen LogP contribution in [0.5, 0.6) is 5.75 Å². The molecule has 0 aromatic heterocycles. The van der Waals surface area contributed by atoms with Gasteiger partial charge < -0.3 is 10.1 Å². The number of halogens is 2. The summed E-state index contributed by atoms with van der Waals surface area (Å²) in [6.07, 6.45) is 0. The van der Waals surface area contributed by atoms with Crippen LogP contribution >= 0.6 is 11.6 Å². The van der Waals surface area contributed by atoms with Crippen molar-refractivity contribution in [3.8, 4) is 5.75 Å². The first-order chi connectivity index (χ1) is 14.4. The van der Waals surface area contributed by atoms with E-state index in [0.717, 1.165) is 16.0 Å². The molecular formula is C19H15ClFN5O4. The molecule has 3 amide bonds. The number of amides is 3. The van der Waals surface area contributed by atoms with Crippen LogP contribution in [0.3, 0.4) is 0 Å². The van der Waals surface area contributed by atoms with E-state index in [1.54, 1.807) is 24.3 Å². The summed E-state index contributed by atoms with van der Waals surface area (Å²) >= 11 is 5.77. The van der Waals surface area contributed by atoms with Crippen molar-refractivity contribution in [3.05, 3.63) is 53.3 Å². The van der Waals surface area contributed by atoms with E-state index >= 15 is 0 Å². The number of hydrogen-bond donors (Lipinski definition) is 1. The van der Waals surface area contributed by atoms with Gasteiger partial charge in [0.1, 0.15) is 18.1 Å². The SMILES string of the molecule is COc1cccc(NC(=O)CN2N=N[C@@H]3C(=O)N(c4ccc(F)c(Cl)c4)C(=O)[C@H]32)c1. The topological polar surface area (TPSA) is 104 Å². The van der Waals surface area contributed by atoms with E-state index in [1.807, 2.05) is 0 Å². The number of ether oxygens (including phenoxy) is 1. The van der Waals surface area contributed by atoms with Gasteiger partial charge in [-0.3, -0.25) is 19.4 Å². The number of benzene rings is 2. The van der Waals surface area contributed by atoms with Gasteiger partial charge in [-0.2, -0.15) is 5.11 Å². The quantitative estimate of drug-likeness (QED) is 0.732. The normalized spacial score (nSPS) is 20.0. The molecule has 11 heteroatoms. The summed E-state index contributed by atoms with van der Waals surface area (Å²) in [5.74, 6) is -1.79. The second kappa shape index (κ2) is 7.71. The van der Waals surface area contributed by atoms with E-state index in [-0.39, 0.29) is 17.3 Å². The second-order valence-electron chi connectivity index (χ2n) is 6.58. The number of nitrogens with one attached hydrogen (secondary N) is 1. The number of fused-ring (bicyclic) bond motifs is 1. The standard InChI is InChI=1S/C19H15ClFN5O4/c1-30-12-4-2-3-10(7-12)22-15(27)9-25-17-16(23-24-25)18(28)26(19(17)29)11-5-6-14(21)13(20)8-11/h2-8,16-17H,9H2,1H3,(H,22,27)/t16-,17-/m0/s1. The van der Waals surface area contributed by atoms with Crippen molar-refractivity contribution in [3.63, 3.8) is 0 Å². The van der Waals surface area contributed by atoms with Crippen LogP contribution in [0.15, 0.2) is 52.8 Å². The number of carbonyl (C=O) groups is 3. The van der Waals surface area contributed by atoms with Crippen LogP contribution in [0, 0.1) is 5.82 Å². The number of imide groups is 1. The van der Waals surface area contributed by atoms with Gasteiger partial charge in [0.25, 0.3) is 11.8 Å². The van der Waals surface area contributed by atoms with Crippen LogP contribution in [0.2, 0.25) is 5.02 Å². The Morgan fingerprint density at radius 2 is 2.03 bits per heavy atom. The third kappa shape index (κ3) is 3.45. The molecule has 4 rings (SSSR count). The molecule has 0 radical (unpaired) electrons. The molecule has 0 unspecified atom stereocenters. The third-order valence-electron chi connectivity index (χ3n) is 4.68. The van der Waals surface area contributed by atoms with Gasteiger partial charge in [-0.1, -0.05) is 22.9 Å². The lowest BCUT2D eigenvalue weighted by atomic mass is 10.1. The zero-order valence-electron chi connectivity index (χ0n) is 15.6. The van der Waals surface area contributed by atoms with Crippen molar-refractivity contribution in [2.24, 2.45) is 10.3 Å². The summed E-state index contributed by atoms with van der Waals surface area (Å²) in [6.45, 7) is -0.293. The van der Waals surface area contributed by atoms with Crippen LogP contribution in [0.4, 0.5) is 15.8 Å². The largest absolute Gasteiger partial charge is 0.497 e. The lowest BCUT2D eigenvalue weighted by Crippen LogP contribution is -2.43. The highest BCUT2D eigenvalue weighted by Crippen LogP contribution is 2.33. The van der Waals surface area contributed by atoms with Gasteiger partial charge in [-0.25, -0.2) is 9.29 Å². The fourth-order valence-corrected chi connectivity index (χ4v) is 3.46. The molecule has 9 nitrogen and oxygen atoms in total. The zero-order chi connectivity index (χ0) is 21.4. The van der Waals surface area contributed by atoms with Crippen LogP contribution in [-0.4, -0.2) is 48.5 Å². The minimum Gasteiger partial charge on any atom is -0.497 e. The van der Waals surface area contributed by atoms with Crippen molar-refractivity contribution in [2.75, 3.05) is 23.9 Å². The smallest absolute Gasteiger partial charge is 0.263 e. The Morgan fingerprint density at radius 3 is 2.77 bits per heavy atom. The molecule has 1 fully saturated rings. The first-order valence-electron chi connectivity index (χ1n) is 8.83. The van der Waals surface area contributed by atoms with Gasteiger partial charge in [0.2, 0.25) is 5.91 Å². The summed E-state index contributed by atoms with van der Waals surface area (Å²) in [4.78, 5) is 38.8. The zero-order valence-corrected chi connectivity index (χ0v) is 16.3. The van der Waals surface area contributed by atoms with Crippen molar-refractivity contribution in [1.82, 2.24) is 5.01 Å². The molecule has 0 bridgehead atoms. The van der Waals surface area contributed by atoms with Crippen molar-refractivity contribution in [2.45, 2.75) is 12.1 Å². The molecule has 1 N–H and O–H groups in total. The predicted octanol–water partition coefficient (Wildman–Crippen LogP) is 2.42. The summed E-state index contributed by atoms with van der Waals surface area (Å²) in [6, 6.07) is 8.14.